The number of rotatable bonds is 18. The van der Waals surface area contributed by atoms with Crippen LogP contribution in [0.1, 0.15) is 62.5 Å². The number of halogens is 4. The Bertz CT molecular complexity index is 3450. The third-order valence-electron chi connectivity index (χ3n) is 15.4. The topological polar surface area (TPSA) is 173 Å². The first-order valence-corrected chi connectivity index (χ1v) is 32.8. The first kappa shape index (κ1) is 58.3. The van der Waals surface area contributed by atoms with Gasteiger partial charge in [0.25, 0.3) is 9.84 Å². The molecule has 14 nitrogen and oxygen atoms in total. The zero-order valence-corrected chi connectivity index (χ0v) is 48.4. The molecular weight excluding hydrogens is 1120 g/mol. The summed E-state index contributed by atoms with van der Waals surface area (Å²) in [6.07, 6.45) is 2.75. The van der Waals surface area contributed by atoms with Crippen LogP contribution in [0.4, 0.5) is 30.2 Å². The quantitative estimate of drug-likeness (QED) is 0.0548. The molecule has 3 atom stereocenters. The molecule has 422 valence electrons. The minimum atomic E-state index is -6.02. The number of aliphatic carboxylic acids is 1. The van der Waals surface area contributed by atoms with Gasteiger partial charge in [-0.25, -0.2) is 16.8 Å². The molecule has 1 aromatic heterocycles. The minimum absolute atomic E-state index is 0.0469. The molecule has 3 aliphatic heterocycles. The van der Waals surface area contributed by atoms with Crippen molar-refractivity contribution in [2.45, 2.75) is 84.4 Å². The van der Waals surface area contributed by atoms with Gasteiger partial charge in [-0.2, -0.15) is 13.2 Å². The van der Waals surface area contributed by atoms with Crippen LogP contribution < -0.4 is 20.4 Å². The highest BCUT2D eigenvalue weighted by Gasteiger charge is 2.51. The number of nitrogens with one attached hydrogen (secondary N) is 1. The summed E-state index contributed by atoms with van der Waals surface area (Å²) in [4.78, 5) is 18.9. The van der Waals surface area contributed by atoms with Gasteiger partial charge in [-0.3, -0.25) is 9.36 Å². The van der Waals surface area contributed by atoms with E-state index in [4.69, 9.17) is 11.6 Å². The van der Waals surface area contributed by atoms with Crippen molar-refractivity contribution in [3.63, 3.8) is 0 Å². The third kappa shape index (κ3) is 12.3. The highest BCUT2D eigenvalue weighted by Crippen LogP contribution is 2.66. The first-order chi connectivity index (χ1) is 37.4. The number of carbonyl (C=O) groups is 1. The predicted octanol–water partition coefficient (Wildman–Crippen LogP) is 11.9. The largest absolute Gasteiger partial charge is 0.501 e. The fraction of sp³-hybridized carbons (Fsp3) is 0.386. The number of alkyl halides is 3. The number of piperazine rings is 1. The van der Waals surface area contributed by atoms with Gasteiger partial charge in [-0.15, -0.1) is 16.6 Å². The Balaban J connectivity index is 0.938. The molecule has 22 heteroatoms. The molecule has 1 unspecified atom stereocenters. The van der Waals surface area contributed by atoms with Crippen molar-refractivity contribution in [1.29, 1.82) is 0 Å². The number of hydrogen-bond acceptors (Lipinski definition) is 12. The number of aromatic nitrogens is 1. The Morgan fingerprint density at radius 2 is 1.44 bits per heavy atom. The van der Waals surface area contributed by atoms with E-state index in [0.29, 0.717) is 97.5 Å². The number of hydrogen-bond donors (Lipinski definition) is 3. The van der Waals surface area contributed by atoms with Crippen LogP contribution >= 0.6 is 30.7 Å². The van der Waals surface area contributed by atoms with Crippen molar-refractivity contribution in [2.24, 2.45) is 5.92 Å². The number of anilines is 3. The summed E-state index contributed by atoms with van der Waals surface area (Å²) < 4.78 is 115. The lowest BCUT2D eigenvalue weighted by atomic mass is 9.97. The Kier molecular flexibility index (Phi) is 17.5. The van der Waals surface area contributed by atoms with Gasteiger partial charge in [0.1, 0.15) is 4.90 Å². The van der Waals surface area contributed by atoms with Crippen LogP contribution in [0.25, 0.3) is 22.4 Å². The van der Waals surface area contributed by atoms with E-state index in [0.717, 1.165) is 39.2 Å². The Morgan fingerprint density at radius 1 is 0.797 bits per heavy atom. The van der Waals surface area contributed by atoms with E-state index in [9.17, 15) is 45.1 Å². The van der Waals surface area contributed by atoms with Gasteiger partial charge in [-0.1, -0.05) is 66.2 Å². The SMILES string of the molecule is Cc1c(S(C)(=O)=O)c(-c2cccc(N3CCN(c4ccc([C@@H]5CCN(O)P5(=O)c5ccc(N[C@H](CCN6CCC(C(=O)O)CC6)CSc6ccccc6)c(S(=O)(=O)C(F)(F)F)c5)cc4)CC3)c2)c(-c2ccc(Cl)cc2)n1C(C)C. The molecule has 3 saturated heterocycles. The zero-order valence-electron chi connectivity index (χ0n) is 44.3. The molecule has 0 aliphatic carbocycles. The van der Waals surface area contributed by atoms with Crippen molar-refractivity contribution < 1.29 is 49.7 Å². The monoisotopic (exact) mass is 1180 g/mol. The van der Waals surface area contributed by atoms with Crippen molar-refractivity contribution in [3.05, 3.63) is 138 Å². The fourth-order valence-corrected chi connectivity index (χ4v) is 17.8. The Morgan fingerprint density at radius 3 is 2.05 bits per heavy atom. The Labute approximate surface area is 469 Å². The molecule has 0 saturated carbocycles. The molecule has 6 aromatic rings. The second-order valence-electron chi connectivity index (χ2n) is 20.9. The summed E-state index contributed by atoms with van der Waals surface area (Å²) >= 11 is 7.75. The van der Waals surface area contributed by atoms with E-state index < -0.39 is 61.0 Å². The van der Waals surface area contributed by atoms with Crippen LogP contribution in [-0.4, -0.2) is 123 Å². The fourth-order valence-electron chi connectivity index (χ4n) is 11.4. The molecular formula is C57H65ClF3N6O8PS3. The molecule has 0 radical (unpaired) electrons. The highest BCUT2D eigenvalue weighted by atomic mass is 35.5. The number of sulfone groups is 2. The maximum atomic E-state index is 15.3. The van der Waals surface area contributed by atoms with Gasteiger partial charge < -0.3 is 34.9 Å². The summed E-state index contributed by atoms with van der Waals surface area (Å²) in [5.74, 6) is -0.941. The number of nitrogens with zero attached hydrogens (tertiary/aromatic N) is 5. The smallest absolute Gasteiger partial charge is 0.481 e. The number of carboxylic acids is 1. The second-order valence-corrected chi connectivity index (χ2v) is 29.1. The van der Waals surface area contributed by atoms with E-state index in [1.807, 2.05) is 99.6 Å². The first-order valence-electron chi connectivity index (χ1n) is 26.3. The summed E-state index contributed by atoms with van der Waals surface area (Å²) in [5.41, 5.74) is -0.833. The van der Waals surface area contributed by atoms with Crippen molar-refractivity contribution in [3.8, 4) is 22.4 Å². The van der Waals surface area contributed by atoms with E-state index in [2.05, 4.69) is 24.6 Å². The summed E-state index contributed by atoms with van der Waals surface area (Å²) in [6, 6.07) is 34.9. The molecule has 3 aliphatic rings. The van der Waals surface area contributed by atoms with Gasteiger partial charge in [0, 0.05) is 101 Å². The molecule has 0 bridgehead atoms. The summed E-state index contributed by atoms with van der Waals surface area (Å²) in [5, 5.41) is 24.3. The average Bonchev–Trinajstić information content (AvgIpc) is 4.20. The standard InChI is InChI=1S/C57H65ClF3N6O8PS3/c1-38(2)67-39(3)55(78(4,72)73)53(54(67)41-13-17-44(58)18-14-41)43-9-8-10-47(35-43)65-33-31-64(32-34-65)46-19-15-40(16-20-46)51-26-30-66(70)76(51,71)48-21-22-50(52(36-48)79(74,75)57(59,60)61)62-45(37-77-49-11-6-5-7-12-49)25-29-63-27-23-42(24-28-63)56(68)69/h5-22,35-36,38,42,45,51,62,70H,23-34,37H2,1-4H3,(H,68,69)/t45-,51+,76?/m1/s1. The predicted molar refractivity (Wildman–Crippen MR) is 308 cm³/mol. The average molecular weight is 1180 g/mol. The molecule has 0 amide bonds. The molecule has 9 rings (SSSR count). The molecule has 3 fully saturated rings. The number of thioether (sulfide) groups is 1. The van der Waals surface area contributed by atoms with Gasteiger partial charge in [0.05, 0.1) is 27.9 Å². The number of benzene rings is 5. The second kappa shape index (κ2) is 23.6. The molecule has 0 spiro atoms. The van der Waals surface area contributed by atoms with Crippen molar-refractivity contribution in [2.75, 3.05) is 79.5 Å². The lowest BCUT2D eigenvalue weighted by molar-refractivity contribution is -0.143. The molecule has 4 heterocycles. The van der Waals surface area contributed by atoms with Crippen LogP contribution in [0, 0.1) is 12.8 Å². The zero-order chi connectivity index (χ0) is 56.6. The van der Waals surface area contributed by atoms with Crippen LogP contribution in [0.3, 0.4) is 0 Å². The highest BCUT2D eigenvalue weighted by molar-refractivity contribution is 7.99. The number of likely N-dealkylation sites (tertiary alicyclic amines) is 1. The normalized spacial score (nSPS) is 19.5. The molecule has 79 heavy (non-hydrogen) atoms. The van der Waals surface area contributed by atoms with E-state index in [1.165, 1.54) is 30.2 Å². The maximum absolute atomic E-state index is 15.3. The van der Waals surface area contributed by atoms with Gasteiger partial charge in [0.2, 0.25) is 7.29 Å². The van der Waals surface area contributed by atoms with Gasteiger partial charge >= 0.3 is 11.5 Å². The maximum Gasteiger partial charge on any atom is 0.501 e. The van der Waals surface area contributed by atoms with Crippen molar-refractivity contribution in [1.82, 2.24) is 14.3 Å². The van der Waals surface area contributed by atoms with Gasteiger partial charge in [-0.05, 0) is 143 Å². The van der Waals surface area contributed by atoms with E-state index >= 15 is 4.57 Å². The lowest BCUT2D eigenvalue weighted by Gasteiger charge is -2.37. The van der Waals surface area contributed by atoms with Crippen LogP contribution in [0.2, 0.25) is 5.02 Å². The molecule has 3 N–H and O–H groups in total. The summed E-state index contributed by atoms with van der Waals surface area (Å²) in [6.45, 7) is 9.88. The van der Waals surface area contributed by atoms with Crippen molar-refractivity contribution >= 4 is 78.7 Å². The number of piperidine rings is 1. The van der Waals surface area contributed by atoms with E-state index in [1.54, 1.807) is 24.3 Å². The van der Waals surface area contributed by atoms with Crippen LogP contribution in [0.15, 0.2) is 136 Å². The third-order valence-corrected chi connectivity index (χ3v) is 22.9. The van der Waals surface area contributed by atoms with Crippen LogP contribution in [0.5, 0.6) is 0 Å². The number of hydroxylamine groups is 1. The number of carboxylic acid groups (broad SMARTS) is 1. The van der Waals surface area contributed by atoms with E-state index in [-0.39, 0.29) is 34.9 Å². The van der Waals surface area contributed by atoms with Gasteiger partial charge in [0.15, 0.2) is 9.84 Å². The lowest BCUT2D eigenvalue weighted by Crippen LogP contribution is -2.46. The summed E-state index contributed by atoms with van der Waals surface area (Å²) in [7, 11) is -13.9. The minimum Gasteiger partial charge on any atom is -0.481 e. The van der Waals surface area contributed by atoms with Crippen LogP contribution in [-0.2, 0) is 29.0 Å². The molecule has 5 aromatic carbocycles. The Hall–Kier alpha value is -5.31.